The lowest BCUT2D eigenvalue weighted by atomic mass is 9.97. The molecule has 1 saturated heterocycles. The largest absolute Gasteiger partial charge is 0.467 e. The fraction of sp³-hybridized carbons (Fsp3) is 0.450. The molecule has 1 aromatic carbocycles. The van der Waals surface area contributed by atoms with Crippen LogP contribution in [0.15, 0.2) is 52.1 Å². The number of aliphatic hydroxyl groups is 1. The maximum atomic E-state index is 9.25. The average molecular weight is 356 g/mol. The van der Waals surface area contributed by atoms with Crippen LogP contribution in [0.25, 0.3) is 0 Å². The number of aliphatic imine (C=N–C) groups is 1. The number of hydrogen-bond acceptors (Lipinski definition) is 4. The highest BCUT2D eigenvalue weighted by Crippen LogP contribution is 2.23. The zero-order valence-corrected chi connectivity index (χ0v) is 15.3. The number of furan rings is 1. The van der Waals surface area contributed by atoms with Crippen molar-refractivity contribution in [3.63, 3.8) is 0 Å². The first-order chi connectivity index (χ1) is 12.8. The Bertz CT molecular complexity index is 674. The van der Waals surface area contributed by atoms with Gasteiger partial charge < -0.3 is 25.1 Å². The van der Waals surface area contributed by atoms with Crippen LogP contribution in [0.5, 0.6) is 0 Å². The third-order valence-electron chi connectivity index (χ3n) is 4.87. The van der Waals surface area contributed by atoms with Crippen LogP contribution in [0.1, 0.15) is 24.2 Å². The summed E-state index contributed by atoms with van der Waals surface area (Å²) in [6.07, 6.45) is 3.80. The van der Waals surface area contributed by atoms with Crippen molar-refractivity contribution >= 4 is 11.6 Å². The van der Waals surface area contributed by atoms with Gasteiger partial charge >= 0.3 is 0 Å². The second-order valence-corrected chi connectivity index (χ2v) is 6.64. The molecule has 0 spiro atoms. The predicted molar refractivity (Wildman–Crippen MR) is 104 cm³/mol. The highest BCUT2D eigenvalue weighted by Gasteiger charge is 2.18. The number of benzene rings is 1. The number of rotatable bonds is 6. The molecular formula is C20H28N4O2. The summed E-state index contributed by atoms with van der Waals surface area (Å²) in [4.78, 5) is 6.63. The molecule has 3 rings (SSSR count). The Morgan fingerprint density at radius 3 is 2.50 bits per heavy atom. The number of aliphatic hydroxyl groups excluding tert-OH is 1. The van der Waals surface area contributed by atoms with Gasteiger partial charge in [0.15, 0.2) is 5.96 Å². The molecule has 6 heteroatoms. The molecule has 3 N–H and O–H groups in total. The molecular weight excluding hydrogens is 328 g/mol. The van der Waals surface area contributed by atoms with E-state index in [2.05, 4.69) is 44.8 Å². The lowest BCUT2D eigenvalue weighted by Gasteiger charge is -2.33. The van der Waals surface area contributed by atoms with E-state index in [0.29, 0.717) is 25.6 Å². The van der Waals surface area contributed by atoms with Crippen molar-refractivity contribution in [3.8, 4) is 0 Å². The molecule has 0 amide bonds. The molecule has 0 radical (unpaired) electrons. The monoisotopic (exact) mass is 356 g/mol. The lowest BCUT2D eigenvalue weighted by Crippen LogP contribution is -2.36. The van der Waals surface area contributed by atoms with E-state index < -0.39 is 0 Å². The van der Waals surface area contributed by atoms with Crippen LogP contribution in [0.4, 0.5) is 5.69 Å². The van der Waals surface area contributed by atoms with Crippen LogP contribution < -0.4 is 15.5 Å². The Balaban J connectivity index is 1.46. The first-order valence-corrected chi connectivity index (χ1v) is 9.20. The van der Waals surface area contributed by atoms with Gasteiger partial charge in [0, 0.05) is 39.0 Å². The molecule has 0 atom stereocenters. The van der Waals surface area contributed by atoms with Gasteiger partial charge in [-0.2, -0.15) is 0 Å². The van der Waals surface area contributed by atoms with Gasteiger partial charge in [-0.3, -0.25) is 4.99 Å². The molecule has 6 nitrogen and oxygen atoms in total. The van der Waals surface area contributed by atoms with Gasteiger partial charge in [-0.25, -0.2) is 0 Å². The molecule has 0 bridgehead atoms. The topological polar surface area (TPSA) is 73.0 Å². The van der Waals surface area contributed by atoms with Gasteiger partial charge in [0.2, 0.25) is 0 Å². The summed E-state index contributed by atoms with van der Waals surface area (Å²) >= 11 is 0. The number of piperidine rings is 1. The highest BCUT2D eigenvalue weighted by molar-refractivity contribution is 5.79. The molecule has 1 aliphatic heterocycles. The van der Waals surface area contributed by atoms with Crippen LogP contribution in [0.2, 0.25) is 0 Å². The Morgan fingerprint density at radius 2 is 1.88 bits per heavy atom. The summed E-state index contributed by atoms with van der Waals surface area (Å²) in [5, 5.41) is 15.8. The molecule has 1 fully saturated rings. The van der Waals surface area contributed by atoms with E-state index in [4.69, 9.17) is 4.42 Å². The van der Waals surface area contributed by atoms with E-state index in [1.807, 2.05) is 12.1 Å². The van der Waals surface area contributed by atoms with Gasteiger partial charge in [0.25, 0.3) is 0 Å². The zero-order chi connectivity index (χ0) is 18.2. The Morgan fingerprint density at radius 1 is 1.15 bits per heavy atom. The predicted octanol–water partition coefficient (Wildman–Crippen LogP) is 2.35. The van der Waals surface area contributed by atoms with Gasteiger partial charge in [-0.1, -0.05) is 12.1 Å². The zero-order valence-electron chi connectivity index (χ0n) is 15.3. The lowest BCUT2D eigenvalue weighted by molar-refractivity contribution is 0.203. The van der Waals surface area contributed by atoms with E-state index in [-0.39, 0.29) is 0 Å². The molecule has 2 aromatic rings. The van der Waals surface area contributed by atoms with Crippen molar-refractivity contribution in [2.24, 2.45) is 10.9 Å². The van der Waals surface area contributed by atoms with Crippen molar-refractivity contribution < 1.29 is 9.52 Å². The fourth-order valence-corrected chi connectivity index (χ4v) is 3.19. The first kappa shape index (κ1) is 18.3. The number of nitrogens with zero attached hydrogens (tertiary/aromatic N) is 2. The SMILES string of the molecule is CN=C(NCc1ccc(N2CCC(CO)CC2)cc1)NCc1ccco1. The minimum Gasteiger partial charge on any atom is -0.467 e. The van der Waals surface area contributed by atoms with Crippen molar-refractivity contribution in [2.45, 2.75) is 25.9 Å². The van der Waals surface area contributed by atoms with Crippen LogP contribution in [-0.4, -0.2) is 37.8 Å². The second-order valence-electron chi connectivity index (χ2n) is 6.64. The fourth-order valence-electron chi connectivity index (χ4n) is 3.19. The number of guanidine groups is 1. The van der Waals surface area contributed by atoms with Gasteiger partial charge in [-0.05, 0) is 48.6 Å². The van der Waals surface area contributed by atoms with Crippen molar-refractivity contribution in [2.75, 3.05) is 31.6 Å². The highest BCUT2D eigenvalue weighted by atomic mass is 16.3. The van der Waals surface area contributed by atoms with Crippen molar-refractivity contribution in [1.82, 2.24) is 10.6 Å². The molecule has 2 heterocycles. The Hall–Kier alpha value is -2.47. The Labute approximate surface area is 154 Å². The summed E-state index contributed by atoms with van der Waals surface area (Å²) in [6, 6.07) is 12.5. The van der Waals surface area contributed by atoms with E-state index >= 15 is 0 Å². The summed E-state index contributed by atoms with van der Waals surface area (Å²) in [7, 11) is 1.76. The van der Waals surface area contributed by atoms with Crippen molar-refractivity contribution in [1.29, 1.82) is 0 Å². The molecule has 0 unspecified atom stereocenters. The molecule has 140 valence electrons. The van der Waals surface area contributed by atoms with Crippen LogP contribution >= 0.6 is 0 Å². The minimum absolute atomic E-state index is 0.313. The third-order valence-corrected chi connectivity index (χ3v) is 4.87. The molecule has 1 aliphatic rings. The van der Waals surface area contributed by atoms with Crippen molar-refractivity contribution in [3.05, 3.63) is 54.0 Å². The number of hydrogen-bond donors (Lipinski definition) is 3. The first-order valence-electron chi connectivity index (χ1n) is 9.20. The quantitative estimate of drug-likeness (QED) is 0.547. The maximum Gasteiger partial charge on any atom is 0.191 e. The molecule has 0 aliphatic carbocycles. The van der Waals surface area contributed by atoms with E-state index in [1.165, 1.54) is 11.3 Å². The minimum atomic E-state index is 0.313. The normalized spacial score (nSPS) is 15.9. The third kappa shape index (κ3) is 5.02. The van der Waals surface area contributed by atoms with Gasteiger partial charge in [0.05, 0.1) is 12.8 Å². The van der Waals surface area contributed by atoms with E-state index in [0.717, 1.165) is 37.7 Å². The number of anilines is 1. The molecule has 26 heavy (non-hydrogen) atoms. The summed E-state index contributed by atoms with van der Waals surface area (Å²) in [5.74, 6) is 2.09. The Kier molecular flexibility index (Phi) is 6.55. The van der Waals surface area contributed by atoms with Crippen LogP contribution in [0.3, 0.4) is 0 Å². The van der Waals surface area contributed by atoms with E-state index in [9.17, 15) is 5.11 Å². The summed E-state index contributed by atoms with van der Waals surface area (Å²) < 4.78 is 5.31. The van der Waals surface area contributed by atoms with E-state index in [1.54, 1.807) is 13.3 Å². The molecule has 1 aromatic heterocycles. The average Bonchev–Trinajstić information content (AvgIpc) is 3.22. The second kappa shape index (κ2) is 9.29. The van der Waals surface area contributed by atoms with Crippen LogP contribution in [-0.2, 0) is 13.1 Å². The smallest absolute Gasteiger partial charge is 0.191 e. The van der Waals surface area contributed by atoms with Gasteiger partial charge in [0.1, 0.15) is 5.76 Å². The molecule has 0 saturated carbocycles. The summed E-state index contributed by atoms with van der Waals surface area (Å²) in [5.41, 5.74) is 2.46. The summed E-state index contributed by atoms with van der Waals surface area (Å²) in [6.45, 7) is 3.67. The standard InChI is InChI=1S/C20H28N4O2/c1-21-20(23-14-19-3-2-12-26-19)22-13-16-4-6-18(7-5-16)24-10-8-17(15-25)9-11-24/h2-7,12,17,25H,8-11,13-15H2,1H3,(H2,21,22,23). The maximum absolute atomic E-state index is 9.25. The van der Waals surface area contributed by atoms with Gasteiger partial charge in [-0.15, -0.1) is 0 Å². The number of nitrogens with one attached hydrogen (secondary N) is 2. The van der Waals surface area contributed by atoms with Crippen LogP contribution in [0, 0.1) is 5.92 Å².